The monoisotopic (exact) mass is 306 g/mol. The van der Waals surface area contributed by atoms with Gasteiger partial charge in [-0.25, -0.2) is 8.78 Å². The number of benzene rings is 1. The van der Waals surface area contributed by atoms with Gasteiger partial charge in [0.05, 0.1) is 5.69 Å². The Morgan fingerprint density at radius 3 is 2.55 bits per heavy atom. The number of halogens is 3. The molecule has 1 fully saturated rings. The Hall–Kier alpha value is -1.24. The summed E-state index contributed by atoms with van der Waals surface area (Å²) >= 11 is 0. The van der Waals surface area contributed by atoms with E-state index < -0.39 is 23.1 Å². The molecule has 0 radical (unpaired) electrons. The minimum atomic E-state index is -0.952. The molecule has 0 aliphatic carbocycles. The standard InChI is InChI=1S/C13H16F2N2O2.ClH/c1-19-13(4-6-16-7-5-13)12(18)17-11-3-2-9(14)8-10(11)15;/h2-3,8,16H,4-7H2,1H3,(H,17,18);1H. The molecule has 20 heavy (non-hydrogen) atoms. The van der Waals surface area contributed by atoms with E-state index in [1.807, 2.05) is 0 Å². The number of rotatable bonds is 3. The number of piperidine rings is 1. The van der Waals surface area contributed by atoms with Crippen LogP contribution in [0.3, 0.4) is 0 Å². The Morgan fingerprint density at radius 2 is 2.00 bits per heavy atom. The summed E-state index contributed by atoms with van der Waals surface area (Å²) in [5.41, 5.74) is -0.993. The minimum Gasteiger partial charge on any atom is -0.368 e. The number of amides is 1. The molecule has 0 saturated carbocycles. The molecule has 2 N–H and O–H groups in total. The fraction of sp³-hybridized carbons (Fsp3) is 0.462. The summed E-state index contributed by atoms with van der Waals surface area (Å²) in [7, 11) is 1.46. The summed E-state index contributed by atoms with van der Waals surface area (Å²) in [5.74, 6) is -1.88. The first-order valence-corrected chi connectivity index (χ1v) is 6.10. The van der Waals surface area contributed by atoms with Gasteiger partial charge in [0.2, 0.25) is 0 Å². The molecular formula is C13H17ClF2N2O2. The van der Waals surface area contributed by atoms with Gasteiger partial charge in [-0.15, -0.1) is 12.4 Å². The third-order valence-electron chi connectivity index (χ3n) is 3.40. The molecule has 0 aromatic heterocycles. The first kappa shape index (κ1) is 16.8. The third-order valence-corrected chi connectivity index (χ3v) is 3.40. The Labute approximate surface area is 122 Å². The number of carbonyl (C=O) groups is 1. The molecule has 1 saturated heterocycles. The molecule has 0 atom stereocenters. The molecule has 1 heterocycles. The molecule has 1 aliphatic heterocycles. The number of carbonyl (C=O) groups excluding carboxylic acids is 1. The van der Waals surface area contributed by atoms with Crippen molar-refractivity contribution in [3.05, 3.63) is 29.8 Å². The molecule has 112 valence electrons. The smallest absolute Gasteiger partial charge is 0.256 e. The van der Waals surface area contributed by atoms with Crippen molar-refractivity contribution in [2.45, 2.75) is 18.4 Å². The van der Waals surface area contributed by atoms with E-state index in [1.165, 1.54) is 13.2 Å². The summed E-state index contributed by atoms with van der Waals surface area (Å²) in [4.78, 5) is 12.2. The maximum atomic E-state index is 13.5. The van der Waals surface area contributed by atoms with Gasteiger partial charge in [0, 0.05) is 13.2 Å². The Bertz CT molecular complexity index is 479. The van der Waals surface area contributed by atoms with E-state index in [9.17, 15) is 13.6 Å². The second kappa shape index (κ2) is 6.97. The SMILES string of the molecule is COC1(C(=O)Nc2ccc(F)cc2F)CCNCC1.Cl. The number of nitrogens with one attached hydrogen (secondary N) is 2. The van der Waals surface area contributed by atoms with E-state index in [4.69, 9.17) is 4.74 Å². The Kier molecular flexibility index (Phi) is 5.86. The van der Waals surface area contributed by atoms with Crippen molar-refractivity contribution in [3.8, 4) is 0 Å². The molecule has 1 aromatic carbocycles. The van der Waals surface area contributed by atoms with E-state index in [0.29, 0.717) is 25.9 Å². The summed E-state index contributed by atoms with van der Waals surface area (Å²) < 4.78 is 31.6. The first-order valence-electron chi connectivity index (χ1n) is 6.10. The van der Waals surface area contributed by atoms with Crippen molar-refractivity contribution in [1.29, 1.82) is 0 Å². The fourth-order valence-electron chi connectivity index (χ4n) is 2.18. The zero-order valence-corrected chi connectivity index (χ0v) is 11.9. The minimum absolute atomic E-state index is 0. The first-order chi connectivity index (χ1) is 9.07. The van der Waals surface area contributed by atoms with Crippen molar-refractivity contribution in [2.75, 3.05) is 25.5 Å². The van der Waals surface area contributed by atoms with E-state index in [-0.39, 0.29) is 18.1 Å². The van der Waals surface area contributed by atoms with Crippen LogP contribution in [-0.4, -0.2) is 31.7 Å². The summed E-state index contributed by atoms with van der Waals surface area (Å²) in [5, 5.41) is 5.59. The van der Waals surface area contributed by atoms with Crippen LogP contribution in [0.15, 0.2) is 18.2 Å². The van der Waals surface area contributed by atoms with Gasteiger partial charge in [0.1, 0.15) is 17.2 Å². The van der Waals surface area contributed by atoms with E-state index in [2.05, 4.69) is 10.6 Å². The van der Waals surface area contributed by atoms with Crippen LogP contribution in [0.1, 0.15) is 12.8 Å². The van der Waals surface area contributed by atoms with Gasteiger partial charge in [-0.1, -0.05) is 0 Å². The predicted octanol–water partition coefficient (Wildman–Crippen LogP) is 2.09. The highest BCUT2D eigenvalue weighted by atomic mass is 35.5. The summed E-state index contributed by atoms with van der Waals surface area (Å²) in [6.07, 6.45) is 1.02. The highest BCUT2D eigenvalue weighted by Crippen LogP contribution is 2.25. The largest absolute Gasteiger partial charge is 0.368 e. The van der Waals surface area contributed by atoms with Crippen molar-refractivity contribution < 1.29 is 18.3 Å². The van der Waals surface area contributed by atoms with E-state index >= 15 is 0 Å². The number of anilines is 1. The van der Waals surface area contributed by atoms with Crippen LogP contribution < -0.4 is 10.6 Å². The second-order valence-corrected chi connectivity index (χ2v) is 4.53. The van der Waals surface area contributed by atoms with Crippen LogP contribution in [-0.2, 0) is 9.53 Å². The number of hydrogen-bond acceptors (Lipinski definition) is 3. The summed E-state index contributed by atoms with van der Waals surface area (Å²) in [6, 6.07) is 3.03. The van der Waals surface area contributed by atoms with Crippen LogP contribution in [0.4, 0.5) is 14.5 Å². The molecular weight excluding hydrogens is 290 g/mol. The number of hydrogen-bond donors (Lipinski definition) is 2. The molecule has 0 unspecified atom stereocenters. The van der Waals surface area contributed by atoms with Crippen LogP contribution in [0.25, 0.3) is 0 Å². The van der Waals surface area contributed by atoms with Gasteiger partial charge in [0.25, 0.3) is 5.91 Å². The van der Waals surface area contributed by atoms with E-state index in [1.54, 1.807) is 0 Å². The predicted molar refractivity (Wildman–Crippen MR) is 74.1 cm³/mol. The van der Waals surface area contributed by atoms with Gasteiger partial charge in [-0.05, 0) is 38.1 Å². The van der Waals surface area contributed by atoms with Crippen LogP contribution in [0, 0.1) is 11.6 Å². The highest BCUT2D eigenvalue weighted by Gasteiger charge is 2.39. The maximum Gasteiger partial charge on any atom is 0.256 e. The molecule has 1 aromatic rings. The lowest BCUT2D eigenvalue weighted by molar-refractivity contribution is -0.140. The lowest BCUT2D eigenvalue weighted by Crippen LogP contribution is -2.51. The van der Waals surface area contributed by atoms with Crippen LogP contribution >= 0.6 is 12.4 Å². The van der Waals surface area contributed by atoms with E-state index in [0.717, 1.165) is 12.1 Å². The normalized spacial score (nSPS) is 17.1. The number of ether oxygens (including phenoxy) is 1. The zero-order chi connectivity index (χ0) is 13.9. The quantitative estimate of drug-likeness (QED) is 0.899. The topological polar surface area (TPSA) is 50.4 Å². The lowest BCUT2D eigenvalue weighted by atomic mass is 9.91. The molecule has 1 amide bonds. The van der Waals surface area contributed by atoms with Gasteiger partial charge in [0.15, 0.2) is 0 Å². The molecule has 0 bridgehead atoms. The second-order valence-electron chi connectivity index (χ2n) is 4.53. The van der Waals surface area contributed by atoms with Crippen LogP contribution in [0.5, 0.6) is 0 Å². The van der Waals surface area contributed by atoms with Crippen molar-refractivity contribution in [1.82, 2.24) is 5.32 Å². The molecule has 2 rings (SSSR count). The van der Waals surface area contributed by atoms with Crippen molar-refractivity contribution in [2.24, 2.45) is 0 Å². The fourth-order valence-corrected chi connectivity index (χ4v) is 2.18. The zero-order valence-electron chi connectivity index (χ0n) is 11.0. The molecule has 7 heteroatoms. The van der Waals surface area contributed by atoms with Gasteiger partial charge >= 0.3 is 0 Å². The van der Waals surface area contributed by atoms with Gasteiger partial charge in [-0.2, -0.15) is 0 Å². The molecule has 4 nitrogen and oxygen atoms in total. The lowest BCUT2D eigenvalue weighted by Gasteiger charge is -2.34. The van der Waals surface area contributed by atoms with Crippen molar-refractivity contribution >= 4 is 24.0 Å². The van der Waals surface area contributed by atoms with Crippen LogP contribution in [0.2, 0.25) is 0 Å². The Morgan fingerprint density at radius 1 is 1.35 bits per heavy atom. The summed E-state index contributed by atoms with van der Waals surface area (Å²) in [6.45, 7) is 1.32. The maximum absolute atomic E-state index is 13.5. The average Bonchev–Trinajstić information content (AvgIpc) is 2.42. The third kappa shape index (κ3) is 3.45. The van der Waals surface area contributed by atoms with Gasteiger partial charge in [-0.3, -0.25) is 4.79 Å². The Balaban J connectivity index is 0.00000200. The molecule has 0 spiro atoms. The van der Waals surface area contributed by atoms with Gasteiger partial charge < -0.3 is 15.4 Å². The number of methoxy groups -OCH3 is 1. The van der Waals surface area contributed by atoms with Crippen molar-refractivity contribution in [3.63, 3.8) is 0 Å². The highest BCUT2D eigenvalue weighted by molar-refractivity contribution is 5.97. The average molecular weight is 307 g/mol. The molecule has 1 aliphatic rings.